The summed E-state index contributed by atoms with van der Waals surface area (Å²) in [5, 5.41) is 0. The summed E-state index contributed by atoms with van der Waals surface area (Å²) < 4.78 is 48.8. The third-order valence-electron chi connectivity index (χ3n) is 0. The molecule has 0 aliphatic carbocycles. The Labute approximate surface area is 85.2 Å². The maximum atomic E-state index is 8.65. The molecule has 0 amide bonds. The Hall–Kier alpha value is 1.09. The average Bonchev–Trinajstić information content (AvgIpc) is 1.25. The van der Waals surface area contributed by atoms with E-state index in [1.165, 1.54) is 0 Å². The third-order valence-corrected chi connectivity index (χ3v) is 0. The fourth-order valence-corrected chi connectivity index (χ4v) is 0. The molecule has 0 saturated carbocycles. The fraction of sp³-hybridized carbons (Fsp3) is 0. The number of rotatable bonds is 0. The molecule has 0 aliphatic heterocycles. The monoisotopic (exact) mass is 489 g/mol. The molecule has 0 spiro atoms. The first-order valence-electron chi connectivity index (χ1n) is 1.03. The first-order chi connectivity index (χ1) is 3.46. The van der Waals surface area contributed by atoms with Crippen LogP contribution >= 0.6 is 0 Å². The first kappa shape index (κ1) is 29.6. The van der Waals surface area contributed by atoms with Gasteiger partial charge in [0.2, 0.25) is 0 Å². The molecule has 0 bridgehead atoms. The molecule has 11 heteroatoms. The molecule has 0 radical (unpaired) electrons. The second kappa shape index (κ2) is 22.5. The van der Waals surface area contributed by atoms with Gasteiger partial charge in [0.1, 0.15) is 0 Å². The predicted molar refractivity (Wildman–Crippen MR) is 24.5 cm³/mol. The molecule has 2 atom stereocenters. The van der Waals surface area contributed by atoms with Gasteiger partial charge in [-0.2, -0.15) is 0 Å². The Bertz CT molecular complexity index is 70.1. The summed E-state index contributed by atoms with van der Waals surface area (Å²) in [7, 11) is 0. The van der Waals surface area contributed by atoms with Crippen LogP contribution in [0.3, 0.4) is 0 Å². The smallest absolute Gasteiger partial charge is 2.00 e. The van der Waals surface area contributed by atoms with Gasteiger partial charge in [-0.25, -0.2) is 0 Å². The Kier molecular flexibility index (Phi) is 60.4. The van der Waals surface area contributed by atoms with E-state index in [2.05, 4.69) is 0 Å². The molecule has 6 N–H and O–H groups in total. The van der Waals surface area contributed by atoms with E-state index in [9.17, 15) is 0 Å². The summed E-state index contributed by atoms with van der Waals surface area (Å²) in [6.07, 6.45) is 0. The van der Waals surface area contributed by atoms with E-state index in [0.29, 0.717) is 0 Å². The van der Waals surface area contributed by atoms with Crippen LogP contribution in [0.4, 0.5) is 0 Å². The van der Waals surface area contributed by atoms with Crippen LogP contribution in [0.25, 0.3) is 0 Å². The van der Waals surface area contributed by atoms with Crippen LogP contribution in [0.1, 0.15) is 0 Å². The quantitative estimate of drug-likeness (QED) is 0.321. The van der Waals surface area contributed by atoms with Gasteiger partial charge in [0, 0.05) is 0 Å². The minimum absolute atomic E-state index is 0. The first-order valence-corrected chi connectivity index (χ1v) is 5.36. The van der Waals surface area contributed by atoms with Crippen LogP contribution in [0.5, 0.6) is 0 Å². The zero-order chi connectivity index (χ0) is 7.15. The van der Waals surface area contributed by atoms with E-state index in [4.69, 9.17) is 24.4 Å². The number of hydrogen-bond donors (Lipinski definition) is 2. The standard InChI is InChI=1S/2H2O3Se.2H2O.Pt/c2*1-4(2)3;;;/h2*(H2,1,2,3);2*1H2;/q;;;;+2/p-2. The summed E-state index contributed by atoms with van der Waals surface area (Å²) in [6, 6.07) is 0. The normalized spacial score (nSPS) is 11.3. The van der Waals surface area contributed by atoms with Gasteiger partial charge in [-0.15, -0.1) is 0 Å². The van der Waals surface area contributed by atoms with Crippen molar-refractivity contribution in [1.82, 2.24) is 0 Å². The van der Waals surface area contributed by atoms with Gasteiger partial charge in [-0.3, -0.25) is 0 Å². The topological polar surface area (TPSA) is 184 Å². The zero-order valence-corrected chi connectivity index (χ0v) is 10.4. The van der Waals surface area contributed by atoms with Crippen LogP contribution in [0.15, 0.2) is 0 Å². The second-order valence-corrected chi connectivity index (χ2v) is 2.26. The van der Waals surface area contributed by atoms with Gasteiger partial charge < -0.3 is 11.0 Å². The molecule has 8 nitrogen and oxygen atoms in total. The van der Waals surface area contributed by atoms with Crippen LogP contribution < -0.4 is 8.38 Å². The Morgan fingerprint density at radius 1 is 0.909 bits per heavy atom. The van der Waals surface area contributed by atoms with Crippen LogP contribution in [-0.4, -0.2) is 48.3 Å². The predicted octanol–water partition coefficient (Wildman–Crippen LogP) is -6.14. The summed E-state index contributed by atoms with van der Waals surface area (Å²) in [6.45, 7) is 0. The van der Waals surface area contributed by atoms with Gasteiger partial charge >= 0.3 is 74.5 Å². The van der Waals surface area contributed by atoms with Gasteiger partial charge in [-0.05, 0) is 0 Å². The van der Waals surface area contributed by atoms with Crippen LogP contribution in [0, 0.1) is 0 Å². The van der Waals surface area contributed by atoms with Gasteiger partial charge in [0.15, 0.2) is 0 Å². The van der Waals surface area contributed by atoms with Gasteiger partial charge in [0.25, 0.3) is 0 Å². The van der Waals surface area contributed by atoms with Crippen molar-refractivity contribution >= 4 is 29.0 Å². The summed E-state index contributed by atoms with van der Waals surface area (Å²) >= 11 is -7.08. The molecule has 0 fully saturated rings. The van der Waals surface area contributed by atoms with Gasteiger partial charge in [-0.1, -0.05) is 0 Å². The van der Waals surface area contributed by atoms with Crippen molar-refractivity contribution in [2.75, 3.05) is 0 Å². The average molecular weight is 487 g/mol. The van der Waals surface area contributed by atoms with Gasteiger partial charge in [0.05, 0.1) is 0 Å². The van der Waals surface area contributed by atoms with E-state index in [-0.39, 0.29) is 32.0 Å². The SMILES string of the molecule is O.O.O=[Se]([O-])O.O=[Se]([O-])O.[Pt+2]. The van der Waals surface area contributed by atoms with Crippen molar-refractivity contribution < 1.29 is 56.4 Å². The molecule has 2 unspecified atom stereocenters. The van der Waals surface area contributed by atoms with Crippen molar-refractivity contribution in [1.29, 1.82) is 0 Å². The zero-order valence-electron chi connectivity index (χ0n) is 4.66. The van der Waals surface area contributed by atoms with Crippen molar-refractivity contribution in [3.05, 3.63) is 0 Å². The molecule has 0 aliphatic rings. The van der Waals surface area contributed by atoms with E-state index < -0.39 is 29.0 Å². The molecule has 11 heavy (non-hydrogen) atoms. The summed E-state index contributed by atoms with van der Waals surface area (Å²) in [5.41, 5.74) is 0. The van der Waals surface area contributed by atoms with E-state index in [1.807, 2.05) is 0 Å². The molecule has 0 heterocycles. The molecule has 0 rings (SSSR count). The second-order valence-electron chi connectivity index (χ2n) is 0.434. The molecule has 0 aromatic heterocycles. The number of hydrogen-bond acceptors (Lipinski definition) is 4. The fourth-order valence-electron chi connectivity index (χ4n) is 0. The largest absolute Gasteiger partial charge is 2.00 e. The third kappa shape index (κ3) is 774. The van der Waals surface area contributed by atoms with Crippen molar-refractivity contribution in [2.24, 2.45) is 0 Å². The van der Waals surface area contributed by atoms with E-state index >= 15 is 0 Å². The maximum Gasteiger partial charge on any atom is 2.00 e. The van der Waals surface area contributed by atoms with Crippen LogP contribution in [0.2, 0.25) is 0 Å². The Balaban J connectivity index is -0.0000000171. The molecule has 0 aromatic carbocycles. The molecular weight excluding hydrogens is 481 g/mol. The van der Waals surface area contributed by atoms with E-state index in [0.717, 1.165) is 0 Å². The van der Waals surface area contributed by atoms with E-state index in [1.54, 1.807) is 0 Å². The van der Waals surface area contributed by atoms with Crippen LogP contribution in [-0.2, 0) is 28.7 Å². The molecular formula is H6O8PtSe2. The Morgan fingerprint density at radius 3 is 0.909 bits per heavy atom. The minimum atomic E-state index is -3.54. The minimum Gasteiger partial charge on any atom is 2.00 e. The van der Waals surface area contributed by atoms with Crippen molar-refractivity contribution in [3.63, 3.8) is 0 Å². The molecule has 76 valence electrons. The maximum absolute atomic E-state index is 8.65. The molecule has 0 aromatic rings. The molecule has 0 saturated heterocycles. The Morgan fingerprint density at radius 2 is 0.909 bits per heavy atom. The van der Waals surface area contributed by atoms with Crippen molar-refractivity contribution in [2.45, 2.75) is 0 Å². The summed E-state index contributed by atoms with van der Waals surface area (Å²) in [4.78, 5) is 0. The summed E-state index contributed by atoms with van der Waals surface area (Å²) in [5.74, 6) is 0. The van der Waals surface area contributed by atoms with Crippen molar-refractivity contribution in [3.8, 4) is 0 Å².